The zero-order valence-corrected chi connectivity index (χ0v) is 19.7. The fourth-order valence-corrected chi connectivity index (χ4v) is 5.26. The van der Waals surface area contributed by atoms with E-state index in [1.165, 1.54) is 21.2 Å². The molecular weight excluding hydrogens is 428 g/mol. The van der Waals surface area contributed by atoms with Crippen LogP contribution in [0.2, 0.25) is 0 Å². The van der Waals surface area contributed by atoms with Crippen LogP contribution in [0.3, 0.4) is 0 Å². The molecule has 0 radical (unpaired) electrons. The number of anilines is 2. The maximum absolute atomic E-state index is 2.47. The minimum Gasteiger partial charge on any atom is -0.360 e. The molecule has 0 aliphatic rings. The summed E-state index contributed by atoms with van der Waals surface area (Å²) in [7, 11) is 0. The Balaban J connectivity index is 1.45. The molecule has 0 aromatic heterocycles. The Labute approximate surface area is 200 Å². The van der Waals surface area contributed by atoms with E-state index in [1.54, 1.807) is 0 Å². The normalized spacial score (nSPS) is 10.6. The van der Waals surface area contributed by atoms with Gasteiger partial charge in [0.25, 0.3) is 0 Å². The lowest BCUT2D eigenvalue weighted by molar-refractivity contribution is 0.814. The van der Waals surface area contributed by atoms with Gasteiger partial charge < -0.3 is 9.80 Å². The van der Waals surface area contributed by atoms with E-state index >= 15 is 0 Å². The van der Waals surface area contributed by atoms with E-state index < -0.39 is 0 Å². The fraction of sp³-hybridized carbons (Fsp3) is 0.143. The van der Waals surface area contributed by atoms with Gasteiger partial charge in [0.05, 0.1) is 11.8 Å². The van der Waals surface area contributed by atoms with Gasteiger partial charge in [0.15, 0.2) is 0 Å². The first-order valence-electron chi connectivity index (χ1n) is 10.8. The van der Waals surface area contributed by atoms with Crippen LogP contribution < -0.4 is 9.80 Å². The Hall–Kier alpha value is -2.82. The summed E-state index contributed by atoms with van der Waals surface area (Å²) in [6.07, 6.45) is 0. The van der Waals surface area contributed by atoms with Gasteiger partial charge in [-0.3, -0.25) is 0 Å². The van der Waals surface area contributed by atoms with E-state index in [9.17, 15) is 0 Å². The minimum atomic E-state index is 0.919. The van der Waals surface area contributed by atoms with Gasteiger partial charge in [-0.25, -0.2) is 0 Å². The lowest BCUT2D eigenvalue weighted by Gasteiger charge is -2.30. The highest BCUT2D eigenvalue weighted by molar-refractivity contribution is 7.99. The smallest absolute Gasteiger partial charge is 0.0686 e. The molecule has 162 valence electrons. The van der Waals surface area contributed by atoms with Crippen molar-refractivity contribution in [3.05, 3.63) is 121 Å². The summed E-state index contributed by atoms with van der Waals surface area (Å²) in [5.74, 6) is 1.84. The van der Waals surface area contributed by atoms with Crippen molar-refractivity contribution >= 4 is 34.9 Å². The molecule has 0 atom stereocenters. The molecule has 2 nitrogen and oxygen atoms in total. The molecule has 0 bridgehead atoms. The SMILES string of the molecule is c1ccc(SCN(CCN(CSc2ccccc2)c2ccccc2)c2ccccc2)cc1. The Morgan fingerprint density at radius 3 is 1.06 bits per heavy atom. The van der Waals surface area contributed by atoms with Gasteiger partial charge in [0.1, 0.15) is 0 Å². The van der Waals surface area contributed by atoms with Gasteiger partial charge in [-0.15, -0.1) is 23.5 Å². The van der Waals surface area contributed by atoms with Crippen molar-refractivity contribution in [1.82, 2.24) is 0 Å². The Kier molecular flexibility index (Phi) is 8.58. The molecule has 0 N–H and O–H groups in total. The molecule has 0 amide bonds. The first kappa shape index (κ1) is 22.4. The zero-order valence-electron chi connectivity index (χ0n) is 18.1. The minimum absolute atomic E-state index is 0.919. The fourth-order valence-electron chi connectivity index (χ4n) is 3.39. The van der Waals surface area contributed by atoms with Crippen molar-refractivity contribution in [1.29, 1.82) is 0 Å². The van der Waals surface area contributed by atoms with Crippen LogP contribution in [-0.4, -0.2) is 24.8 Å². The molecule has 0 saturated carbocycles. The second kappa shape index (κ2) is 12.3. The molecule has 4 aromatic carbocycles. The number of para-hydroxylation sites is 2. The summed E-state index contributed by atoms with van der Waals surface area (Å²) < 4.78 is 0. The molecule has 0 saturated heterocycles. The van der Waals surface area contributed by atoms with Gasteiger partial charge in [-0.1, -0.05) is 72.8 Å². The van der Waals surface area contributed by atoms with Crippen LogP contribution in [0.15, 0.2) is 131 Å². The Bertz CT molecular complexity index is 941. The van der Waals surface area contributed by atoms with E-state index in [-0.39, 0.29) is 0 Å². The van der Waals surface area contributed by atoms with Crippen LogP contribution in [0, 0.1) is 0 Å². The highest BCUT2D eigenvalue weighted by atomic mass is 32.2. The highest BCUT2D eigenvalue weighted by Gasteiger charge is 2.12. The number of benzene rings is 4. The molecule has 4 aromatic rings. The van der Waals surface area contributed by atoms with Crippen molar-refractivity contribution in [2.24, 2.45) is 0 Å². The standard InChI is InChI=1S/C28H28N2S2/c1-5-13-25(14-6-1)29(23-31-27-17-9-3-10-18-27)21-22-30(26-15-7-2-8-16-26)24-32-28-19-11-4-12-20-28/h1-20H,21-24H2. The average Bonchev–Trinajstić information content (AvgIpc) is 2.88. The number of thioether (sulfide) groups is 2. The quantitative estimate of drug-likeness (QED) is 0.170. The Morgan fingerprint density at radius 1 is 0.406 bits per heavy atom. The maximum atomic E-state index is 2.47. The molecule has 0 fully saturated rings. The zero-order chi connectivity index (χ0) is 21.8. The summed E-state index contributed by atoms with van der Waals surface area (Å²) in [6, 6.07) is 42.8. The molecule has 4 rings (SSSR count). The molecule has 0 aliphatic heterocycles. The predicted octanol–water partition coefficient (Wildman–Crippen LogP) is 7.50. The van der Waals surface area contributed by atoms with Crippen molar-refractivity contribution in [2.45, 2.75) is 9.79 Å². The van der Waals surface area contributed by atoms with Crippen molar-refractivity contribution in [3.63, 3.8) is 0 Å². The van der Waals surface area contributed by atoms with Crippen molar-refractivity contribution < 1.29 is 0 Å². The average molecular weight is 457 g/mol. The van der Waals surface area contributed by atoms with Crippen molar-refractivity contribution in [3.8, 4) is 0 Å². The molecule has 0 aliphatic carbocycles. The number of nitrogens with zero attached hydrogens (tertiary/aromatic N) is 2. The molecular formula is C28H28N2S2. The van der Waals surface area contributed by atoms with Crippen LogP contribution >= 0.6 is 23.5 Å². The van der Waals surface area contributed by atoms with E-state index in [0.29, 0.717) is 0 Å². The van der Waals surface area contributed by atoms with Gasteiger partial charge in [0.2, 0.25) is 0 Å². The van der Waals surface area contributed by atoms with Crippen LogP contribution in [0.25, 0.3) is 0 Å². The first-order valence-corrected chi connectivity index (χ1v) is 12.8. The number of hydrogen-bond acceptors (Lipinski definition) is 4. The molecule has 4 heteroatoms. The second-order valence-electron chi connectivity index (χ2n) is 7.37. The number of hydrogen-bond donors (Lipinski definition) is 0. The number of rotatable bonds is 11. The molecule has 0 heterocycles. The van der Waals surface area contributed by atoms with Gasteiger partial charge in [-0.05, 0) is 48.5 Å². The summed E-state index contributed by atoms with van der Waals surface area (Å²) in [4.78, 5) is 7.54. The topological polar surface area (TPSA) is 6.48 Å². The van der Waals surface area contributed by atoms with Crippen molar-refractivity contribution in [2.75, 3.05) is 34.6 Å². The third kappa shape index (κ3) is 6.84. The van der Waals surface area contributed by atoms with Crippen LogP contribution in [-0.2, 0) is 0 Å². The van der Waals surface area contributed by atoms with E-state index in [0.717, 1.165) is 24.8 Å². The monoisotopic (exact) mass is 456 g/mol. The van der Waals surface area contributed by atoms with Crippen LogP contribution in [0.4, 0.5) is 11.4 Å². The van der Waals surface area contributed by atoms with Gasteiger partial charge >= 0.3 is 0 Å². The lowest BCUT2D eigenvalue weighted by atomic mass is 10.3. The van der Waals surface area contributed by atoms with E-state index in [2.05, 4.69) is 131 Å². The molecule has 0 spiro atoms. The van der Waals surface area contributed by atoms with Gasteiger partial charge in [-0.2, -0.15) is 0 Å². The highest BCUT2D eigenvalue weighted by Crippen LogP contribution is 2.25. The maximum Gasteiger partial charge on any atom is 0.0686 e. The van der Waals surface area contributed by atoms with E-state index in [4.69, 9.17) is 0 Å². The summed E-state index contributed by atoms with van der Waals surface area (Å²) in [5, 5.41) is 0. The molecule has 0 unspecified atom stereocenters. The second-order valence-corrected chi connectivity index (χ2v) is 9.41. The summed E-state index contributed by atoms with van der Waals surface area (Å²) in [5.41, 5.74) is 2.53. The third-order valence-electron chi connectivity index (χ3n) is 5.14. The van der Waals surface area contributed by atoms with Gasteiger partial charge in [0, 0.05) is 34.3 Å². The third-order valence-corrected chi connectivity index (χ3v) is 7.24. The largest absolute Gasteiger partial charge is 0.360 e. The van der Waals surface area contributed by atoms with Crippen LogP contribution in [0.1, 0.15) is 0 Å². The summed E-state index contributed by atoms with van der Waals surface area (Å²) >= 11 is 3.77. The lowest BCUT2D eigenvalue weighted by Crippen LogP contribution is -2.35. The van der Waals surface area contributed by atoms with Crippen LogP contribution in [0.5, 0.6) is 0 Å². The molecule has 32 heavy (non-hydrogen) atoms. The Morgan fingerprint density at radius 2 is 0.719 bits per heavy atom. The predicted molar refractivity (Wildman–Crippen MR) is 142 cm³/mol. The summed E-state index contributed by atoms with van der Waals surface area (Å²) in [6.45, 7) is 1.90. The van der Waals surface area contributed by atoms with E-state index in [1.807, 2.05) is 23.5 Å². The first-order chi connectivity index (χ1) is 15.9.